The lowest BCUT2D eigenvalue weighted by Gasteiger charge is -2.08. The number of halogens is 1. The molecule has 0 aliphatic rings. The van der Waals surface area contributed by atoms with Crippen LogP contribution in [0.15, 0.2) is 53.3 Å². The van der Waals surface area contributed by atoms with E-state index in [-0.39, 0.29) is 5.56 Å². The molecule has 0 radical (unpaired) electrons. The Hall–Kier alpha value is -1.91. The molecule has 3 rings (SSSR count). The van der Waals surface area contributed by atoms with Crippen LogP contribution in [0.1, 0.15) is 5.56 Å². The molecule has 0 saturated carbocycles. The third-order valence-corrected chi connectivity index (χ3v) is 3.68. The van der Waals surface area contributed by atoms with Crippen molar-refractivity contribution in [3.63, 3.8) is 0 Å². The van der Waals surface area contributed by atoms with Gasteiger partial charge in [0.2, 0.25) is 0 Å². The maximum atomic E-state index is 12.5. The molecule has 3 nitrogen and oxygen atoms in total. The molecule has 0 amide bonds. The maximum absolute atomic E-state index is 12.5. The van der Waals surface area contributed by atoms with Crippen LogP contribution in [0.5, 0.6) is 0 Å². The second kappa shape index (κ2) is 5.23. The predicted molar refractivity (Wildman–Crippen MR) is 83.9 cm³/mol. The lowest BCUT2D eigenvalue weighted by atomic mass is 10.2. The second-order valence-corrected chi connectivity index (χ2v) is 5.32. The number of H-pyrrole nitrogens is 1. The molecule has 0 saturated heterocycles. The van der Waals surface area contributed by atoms with Gasteiger partial charge in [0.25, 0.3) is 5.56 Å². The minimum Gasteiger partial charge on any atom is -0.332 e. The van der Waals surface area contributed by atoms with E-state index in [0.29, 0.717) is 27.2 Å². The van der Waals surface area contributed by atoms with Crippen molar-refractivity contribution in [3.8, 4) is 0 Å². The van der Waals surface area contributed by atoms with E-state index in [4.69, 9.17) is 23.8 Å². The number of hydrogen-bond acceptors (Lipinski definition) is 2. The highest BCUT2D eigenvalue weighted by Crippen LogP contribution is 2.15. The van der Waals surface area contributed by atoms with E-state index in [1.165, 1.54) is 0 Å². The number of fused-ring (bicyclic) bond motifs is 1. The SMILES string of the molecule is O=c1c2cc(Cl)ccc2[nH]c(=S)n1Cc1ccccc1. The predicted octanol–water partition coefficient (Wildman–Crippen LogP) is 3.76. The molecule has 1 N–H and O–H groups in total. The van der Waals surface area contributed by atoms with E-state index in [0.717, 1.165) is 5.56 Å². The van der Waals surface area contributed by atoms with Crippen molar-refractivity contribution in [2.24, 2.45) is 0 Å². The number of hydrogen-bond donors (Lipinski definition) is 1. The Morgan fingerprint density at radius 1 is 1.15 bits per heavy atom. The molecule has 0 fully saturated rings. The minimum absolute atomic E-state index is 0.130. The summed E-state index contributed by atoms with van der Waals surface area (Å²) in [6.07, 6.45) is 0. The number of aromatic nitrogens is 2. The number of nitrogens with one attached hydrogen (secondary N) is 1. The highest BCUT2D eigenvalue weighted by Gasteiger charge is 2.06. The number of benzene rings is 2. The van der Waals surface area contributed by atoms with Crippen LogP contribution in [0.3, 0.4) is 0 Å². The van der Waals surface area contributed by atoms with Gasteiger partial charge in [-0.15, -0.1) is 0 Å². The van der Waals surface area contributed by atoms with Crippen LogP contribution in [0.25, 0.3) is 10.9 Å². The Morgan fingerprint density at radius 3 is 2.65 bits per heavy atom. The summed E-state index contributed by atoms with van der Waals surface area (Å²) in [5, 5.41) is 1.08. The lowest BCUT2D eigenvalue weighted by molar-refractivity contribution is 0.734. The van der Waals surface area contributed by atoms with Gasteiger partial charge in [0, 0.05) is 5.02 Å². The first kappa shape index (κ1) is 13.1. The summed E-state index contributed by atoms with van der Waals surface area (Å²) in [4.78, 5) is 15.6. The Kier molecular flexibility index (Phi) is 3.42. The summed E-state index contributed by atoms with van der Waals surface area (Å²) >= 11 is 11.2. The van der Waals surface area contributed by atoms with Crippen LogP contribution < -0.4 is 5.56 Å². The number of aromatic amines is 1. The van der Waals surface area contributed by atoms with Gasteiger partial charge in [0.1, 0.15) is 0 Å². The average Bonchev–Trinajstić information content (AvgIpc) is 2.46. The van der Waals surface area contributed by atoms with Crippen LogP contribution in [0.2, 0.25) is 5.02 Å². The summed E-state index contributed by atoms with van der Waals surface area (Å²) in [5.74, 6) is 0. The zero-order valence-corrected chi connectivity index (χ0v) is 12.0. The Labute approximate surface area is 125 Å². The van der Waals surface area contributed by atoms with Crippen molar-refractivity contribution < 1.29 is 0 Å². The third-order valence-electron chi connectivity index (χ3n) is 3.13. The van der Waals surface area contributed by atoms with Crippen molar-refractivity contribution >= 4 is 34.7 Å². The van der Waals surface area contributed by atoms with Gasteiger partial charge in [0.05, 0.1) is 17.4 Å². The molecular formula is C15H11ClN2OS. The van der Waals surface area contributed by atoms with E-state index in [1.54, 1.807) is 22.8 Å². The average molecular weight is 303 g/mol. The molecule has 0 spiro atoms. The largest absolute Gasteiger partial charge is 0.332 e. The fourth-order valence-electron chi connectivity index (χ4n) is 2.13. The Balaban J connectivity index is 2.21. The topological polar surface area (TPSA) is 37.8 Å². The molecule has 0 aliphatic heterocycles. The van der Waals surface area contributed by atoms with Gasteiger partial charge >= 0.3 is 0 Å². The molecule has 0 bridgehead atoms. The van der Waals surface area contributed by atoms with Gasteiger partial charge in [-0.05, 0) is 36.0 Å². The fraction of sp³-hybridized carbons (Fsp3) is 0.0667. The first-order valence-electron chi connectivity index (χ1n) is 6.11. The van der Waals surface area contributed by atoms with Gasteiger partial charge in [-0.1, -0.05) is 41.9 Å². The molecule has 2 aromatic carbocycles. The fourth-order valence-corrected chi connectivity index (χ4v) is 2.56. The van der Waals surface area contributed by atoms with Crippen molar-refractivity contribution in [1.82, 2.24) is 9.55 Å². The van der Waals surface area contributed by atoms with Gasteiger partial charge in [0.15, 0.2) is 4.77 Å². The van der Waals surface area contributed by atoms with Gasteiger partial charge < -0.3 is 4.98 Å². The zero-order chi connectivity index (χ0) is 14.1. The quantitative estimate of drug-likeness (QED) is 0.732. The molecule has 0 aliphatic carbocycles. The lowest BCUT2D eigenvalue weighted by Crippen LogP contribution is -2.22. The normalized spacial score (nSPS) is 10.8. The van der Waals surface area contributed by atoms with E-state index in [9.17, 15) is 4.79 Å². The van der Waals surface area contributed by atoms with Crippen molar-refractivity contribution in [2.75, 3.05) is 0 Å². The van der Waals surface area contributed by atoms with Gasteiger partial charge in [-0.2, -0.15) is 0 Å². The Bertz CT molecular complexity index is 884. The highest BCUT2D eigenvalue weighted by molar-refractivity contribution is 7.71. The molecule has 100 valence electrons. The Morgan fingerprint density at radius 2 is 1.90 bits per heavy atom. The molecule has 20 heavy (non-hydrogen) atoms. The van der Waals surface area contributed by atoms with Crippen molar-refractivity contribution in [2.45, 2.75) is 6.54 Å². The maximum Gasteiger partial charge on any atom is 0.262 e. The summed E-state index contributed by atoms with van der Waals surface area (Å²) in [5.41, 5.74) is 1.60. The van der Waals surface area contributed by atoms with E-state index < -0.39 is 0 Å². The zero-order valence-electron chi connectivity index (χ0n) is 10.5. The molecule has 5 heteroatoms. The smallest absolute Gasteiger partial charge is 0.262 e. The van der Waals surface area contributed by atoms with E-state index >= 15 is 0 Å². The minimum atomic E-state index is -0.130. The van der Waals surface area contributed by atoms with Gasteiger partial charge in [-0.25, -0.2) is 0 Å². The molecule has 1 aromatic heterocycles. The van der Waals surface area contributed by atoms with Crippen molar-refractivity contribution in [3.05, 3.63) is 74.2 Å². The summed E-state index contributed by atoms with van der Waals surface area (Å²) < 4.78 is 1.96. The van der Waals surface area contributed by atoms with E-state index in [1.807, 2.05) is 30.3 Å². The van der Waals surface area contributed by atoms with Crippen LogP contribution >= 0.6 is 23.8 Å². The summed E-state index contributed by atoms with van der Waals surface area (Å²) in [6.45, 7) is 0.442. The monoisotopic (exact) mass is 302 g/mol. The van der Waals surface area contributed by atoms with Crippen LogP contribution in [0, 0.1) is 4.77 Å². The molecule has 3 aromatic rings. The standard InChI is InChI=1S/C15H11ClN2OS/c16-11-6-7-13-12(8-11)14(19)18(15(20)17-13)9-10-4-2-1-3-5-10/h1-8H,9H2,(H,17,20). The van der Waals surface area contributed by atoms with Crippen LogP contribution in [-0.4, -0.2) is 9.55 Å². The molecular weight excluding hydrogens is 292 g/mol. The summed E-state index contributed by atoms with van der Waals surface area (Å²) in [7, 11) is 0. The third kappa shape index (κ3) is 2.40. The first-order chi connectivity index (χ1) is 9.65. The highest BCUT2D eigenvalue weighted by atomic mass is 35.5. The molecule has 0 unspecified atom stereocenters. The number of rotatable bonds is 2. The van der Waals surface area contributed by atoms with Crippen LogP contribution in [0.4, 0.5) is 0 Å². The number of nitrogens with zero attached hydrogens (tertiary/aromatic N) is 1. The molecule has 1 heterocycles. The second-order valence-electron chi connectivity index (χ2n) is 4.50. The first-order valence-corrected chi connectivity index (χ1v) is 6.90. The summed E-state index contributed by atoms with van der Waals surface area (Å²) in [6, 6.07) is 14.9. The molecule has 0 atom stereocenters. The van der Waals surface area contributed by atoms with Crippen LogP contribution in [-0.2, 0) is 6.54 Å². The van der Waals surface area contributed by atoms with Gasteiger partial charge in [-0.3, -0.25) is 9.36 Å². The van der Waals surface area contributed by atoms with Crippen molar-refractivity contribution in [1.29, 1.82) is 0 Å². The van der Waals surface area contributed by atoms with E-state index in [2.05, 4.69) is 4.98 Å².